The lowest BCUT2D eigenvalue weighted by Crippen LogP contribution is -2.29. The van der Waals surface area contributed by atoms with Crippen molar-refractivity contribution in [3.63, 3.8) is 0 Å². The largest absolute Gasteiger partial charge is 0.346 e. The van der Waals surface area contributed by atoms with Gasteiger partial charge in [-0.3, -0.25) is 0 Å². The van der Waals surface area contributed by atoms with Crippen LogP contribution in [-0.4, -0.2) is 21.0 Å². The van der Waals surface area contributed by atoms with Crippen LogP contribution in [0.1, 0.15) is 52.3 Å². The molecule has 3 unspecified atom stereocenters. The molecule has 0 amide bonds. The highest BCUT2D eigenvalue weighted by Crippen LogP contribution is 2.48. The summed E-state index contributed by atoms with van der Waals surface area (Å²) in [5.74, 6) is 9.26. The first kappa shape index (κ1) is 15.5. The summed E-state index contributed by atoms with van der Waals surface area (Å²) in [5.41, 5.74) is 1.24. The molecule has 3 atom stereocenters. The molecule has 6 heteroatoms. The molecule has 1 heterocycles. The molecule has 1 aliphatic rings. The van der Waals surface area contributed by atoms with Gasteiger partial charge in [-0.05, 0) is 25.7 Å². The van der Waals surface area contributed by atoms with Gasteiger partial charge >= 0.3 is 0 Å². The maximum absolute atomic E-state index is 5.46. The third-order valence-electron chi connectivity index (χ3n) is 4.15. The number of amidine groups is 1. The van der Waals surface area contributed by atoms with Crippen molar-refractivity contribution in [3.8, 4) is 0 Å². The Labute approximate surface area is 126 Å². The van der Waals surface area contributed by atoms with Crippen LogP contribution in [0.25, 0.3) is 0 Å². The molecule has 116 valence electrons. The highest BCUT2D eigenvalue weighted by Gasteiger charge is 2.41. The maximum atomic E-state index is 5.46. The van der Waals surface area contributed by atoms with Crippen molar-refractivity contribution in [3.05, 3.63) is 23.9 Å². The molecule has 0 aromatic carbocycles. The molecule has 1 fully saturated rings. The van der Waals surface area contributed by atoms with E-state index in [1.54, 1.807) is 6.33 Å². The summed E-state index contributed by atoms with van der Waals surface area (Å²) in [7, 11) is 0. The predicted molar refractivity (Wildman–Crippen MR) is 84.4 cm³/mol. The number of H-pyrrole nitrogens is 1. The number of nitrogens with zero attached hydrogens (tertiary/aromatic N) is 3. The van der Waals surface area contributed by atoms with Crippen molar-refractivity contribution < 1.29 is 0 Å². The minimum Gasteiger partial charge on any atom is -0.346 e. The van der Waals surface area contributed by atoms with Gasteiger partial charge in [0.1, 0.15) is 18.0 Å². The average molecular weight is 290 g/mol. The first-order chi connectivity index (χ1) is 10.1. The molecule has 1 aromatic heterocycles. The molecular weight excluding hydrogens is 264 g/mol. The molecule has 2 rings (SSSR count). The van der Waals surface area contributed by atoms with Crippen molar-refractivity contribution in [2.24, 2.45) is 28.7 Å². The SMILES string of the molecule is C/C=C(\N/C(=N\N)C(C)C)C1CC1CC(C)c1nnc[nH]1. The number of hydrogen-bond acceptors (Lipinski definition) is 4. The Kier molecular flexibility index (Phi) is 4.98. The molecule has 4 N–H and O–H groups in total. The van der Waals surface area contributed by atoms with E-state index in [0.717, 1.165) is 18.1 Å². The third kappa shape index (κ3) is 3.83. The number of nitrogens with two attached hydrogens (primary N) is 1. The van der Waals surface area contributed by atoms with Gasteiger partial charge in [0.15, 0.2) is 0 Å². The molecule has 0 spiro atoms. The van der Waals surface area contributed by atoms with Gasteiger partial charge in [-0.1, -0.05) is 26.8 Å². The fraction of sp³-hybridized carbons (Fsp3) is 0.667. The number of hydrogen-bond donors (Lipinski definition) is 3. The normalized spacial score (nSPS) is 24.2. The molecule has 1 aromatic rings. The lowest BCUT2D eigenvalue weighted by atomic mass is 10.0. The van der Waals surface area contributed by atoms with Crippen LogP contribution < -0.4 is 11.2 Å². The maximum Gasteiger partial charge on any atom is 0.133 e. The van der Waals surface area contributed by atoms with Gasteiger partial charge in [-0.2, -0.15) is 5.10 Å². The summed E-state index contributed by atoms with van der Waals surface area (Å²) in [6.07, 6.45) is 6.11. The van der Waals surface area contributed by atoms with Gasteiger partial charge in [0, 0.05) is 23.5 Å². The second-order valence-corrected chi connectivity index (χ2v) is 6.15. The van der Waals surface area contributed by atoms with E-state index in [2.05, 4.69) is 59.4 Å². The summed E-state index contributed by atoms with van der Waals surface area (Å²) in [5, 5.41) is 15.2. The molecule has 0 bridgehead atoms. The van der Waals surface area contributed by atoms with E-state index in [0.29, 0.717) is 23.7 Å². The van der Waals surface area contributed by atoms with Gasteiger partial charge in [-0.15, -0.1) is 10.2 Å². The number of allylic oxidation sites excluding steroid dienone is 2. The van der Waals surface area contributed by atoms with Crippen molar-refractivity contribution in [1.29, 1.82) is 0 Å². The molecule has 0 radical (unpaired) electrons. The van der Waals surface area contributed by atoms with E-state index < -0.39 is 0 Å². The number of hydrazone groups is 1. The standard InChI is InChI=1S/C15H26N6/c1-5-13(19-14(20-16)9(2)3)12-7-11(12)6-10(4)15-17-8-18-21-15/h5,8-12H,6-7,16H2,1-4H3,(H,19,20)(H,17,18,21)/b13-5-. The van der Waals surface area contributed by atoms with Crippen LogP contribution in [0, 0.1) is 17.8 Å². The van der Waals surface area contributed by atoms with Gasteiger partial charge in [0.2, 0.25) is 0 Å². The first-order valence-electron chi connectivity index (χ1n) is 7.63. The summed E-state index contributed by atoms with van der Waals surface area (Å²) in [6.45, 7) is 8.43. The van der Waals surface area contributed by atoms with Crippen LogP contribution in [0.3, 0.4) is 0 Å². The van der Waals surface area contributed by atoms with E-state index >= 15 is 0 Å². The molecule has 1 saturated carbocycles. The van der Waals surface area contributed by atoms with Crippen molar-refractivity contribution in [1.82, 2.24) is 20.5 Å². The van der Waals surface area contributed by atoms with E-state index in [1.807, 2.05) is 0 Å². The number of aromatic amines is 1. The van der Waals surface area contributed by atoms with Crippen molar-refractivity contribution in [2.75, 3.05) is 0 Å². The first-order valence-corrected chi connectivity index (χ1v) is 7.63. The Morgan fingerprint density at radius 1 is 1.57 bits per heavy atom. The highest BCUT2D eigenvalue weighted by molar-refractivity contribution is 5.85. The predicted octanol–water partition coefficient (Wildman–Crippen LogP) is 2.36. The topological polar surface area (TPSA) is 92.0 Å². The van der Waals surface area contributed by atoms with E-state index in [9.17, 15) is 0 Å². The van der Waals surface area contributed by atoms with Crippen molar-refractivity contribution in [2.45, 2.75) is 46.5 Å². The smallest absolute Gasteiger partial charge is 0.133 e. The molecule has 0 saturated heterocycles. The quantitative estimate of drug-likeness (QED) is 0.324. The molecule has 0 aliphatic heterocycles. The van der Waals surface area contributed by atoms with Gasteiger partial charge in [0.05, 0.1) is 0 Å². The molecule has 1 aliphatic carbocycles. The fourth-order valence-electron chi connectivity index (χ4n) is 2.76. The minimum atomic E-state index is 0.301. The molecule has 21 heavy (non-hydrogen) atoms. The number of nitrogens with one attached hydrogen (secondary N) is 2. The summed E-state index contributed by atoms with van der Waals surface area (Å²) in [6, 6.07) is 0. The Morgan fingerprint density at radius 2 is 2.33 bits per heavy atom. The monoisotopic (exact) mass is 290 g/mol. The third-order valence-corrected chi connectivity index (χ3v) is 4.15. The van der Waals surface area contributed by atoms with E-state index in [4.69, 9.17) is 5.84 Å². The van der Waals surface area contributed by atoms with Crippen LogP contribution in [-0.2, 0) is 0 Å². The Bertz CT molecular complexity index is 502. The Balaban J connectivity index is 1.89. The Morgan fingerprint density at radius 3 is 2.86 bits per heavy atom. The van der Waals surface area contributed by atoms with Gasteiger partial charge in [-0.25, -0.2) is 0 Å². The van der Waals surface area contributed by atoms with Crippen LogP contribution in [0.4, 0.5) is 0 Å². The van der Waals surface area contributed by atoms with E-state index in [1.165, 1.54) is 12.1 Å². The summed E-state index contributed by atoms with van der Waals surface area (Å²) >= 11 is 0. The fourth-order valence-corrected chi connectivity index (χ4v) is 2.76. The Hall–Kier alpha value is -1.85. The van der Waals surface area contributed by atoms with Gasteiger partial charge < -0.3 is 16.1 Å². The van der Waals surface area contributed by atoms with Crippen LogP contribution in [0.5, 0.6) is 0 Å². The van der Waals surface area contributed by atoms with Crippen LogP contribution in [0.15, 0.2) is 23.2 Å². The van der Waals surface area contributed by atoms with Crippen LogP contribution in [0.2, 0.25) is 0 Å². The second kappa shape index (κ2) is 6.74. The van der Waals surface area contributed by atoms with Gasteiger partial charge in [0.25, 0.3) is 0 Å². The van der Waals surface area contributed by atoms with E-state index in [-0.39, 0.29) is 0 Å². The number of aromatic nitrogens is 3. The highest BCUT2D eigenvalue weighted by atomic mass is 15.2. The molecule has 6 nitrogen and oxygen atoms in total. The minimum absolute atomic E-state index is 0.301. The molecular formula is C15H26N6. The zero-order valence-electron chi connectivity index (χ0n) is 13.3. The zero-order chi connectivity index (χ0) is 15.4. The summed E-state index contributed by atoms with van der Waals surface area (Å²) < 4.78 is 0. The van der Waals surface area contributed by atoms with Crippen LogP contribution >= 0.6 is 0 Å². The zero-order valence-corrected chi connectivity index (χ0v) is 13.3. The number of rotatable bonds is 6. The average Bonchev–Trinajstić information content (AvgIpc) is 3.00. The second-order valence-electron chi connectivity index (χ2n) is 6.15. The van der Waals surface area contributed by atoms with Crippen molar-refractivity contribution >= 4 is 5.84 Å². The lowest BCUT2D eigenvalue weighted by Gasteiger charge is -2.15. The lowest BCUT2D eigenvalue weighted by molar-refractivity contribution is 0.567. The summed E-state index contributed by atoms with van der Waals surface area (Å²) in [4.78, 5) is 3.10.